The fourth-order valence-corrected chi connectivity index (χ4v) is 3.74. The number of aliphatic imine (C=N–C) groups is 1. The van der Waals surface area contributed by atoms with Gasteiger partial charge in [0.05, 0.1) is 0 Å². The van der Waals surface area contributed by atoms with E-state index in [2.05, 4.69) is 20.9 Å². The van der Waals surface area contributed by atoms with Crippen molar-refractivity contribution >= 4 is 45.9 Å². The lowest BCUT2D eigenvalue weighted by molar-refractivity contribution is -0.121. The zero-order valence-corrected chi connectivity index (χ0v) is 18.7. The molecule has 8 nitrogen and oxygen atoms in total. The molecule has 1 aliphatic heterocycles. The fourth-order valence-electron chi connectivity index (χ4n) is 2.76. The van der Waals surface area contributed by atoms with E-state index in [9.17, 15) is 26.4 Å². The van der Waals surface area contributed by atoms with Crippen LogP contribution in [0.2, 0.25) is 0 Å². The number of amides is 1. The van der Waals surface area contributed by atoms with Crippen LogP contribution in [0.4, 0.5) is 13.2 Å². The Morgan fingerprint density at radius 3 is 2.18 bits per heavy atom. The van der Waals surface area contributed by atoms with Gasteiger partial charge in [0.2, 0.25) is 5.91 Å². The first-order valence-corrected chi connectivity index (χ1v) is 10.4. The van der Waals surface area contributed by atoms with Crippen molar-refractivity contribution in [1.29, 1.82) is 0 Å². The Hall–Kier alpha value is -0.830. The first-order chi connectivity index (χ1) is 12.6. The van der Waals surface area contributed by atoms with Crippen LogP contribution in [-0.4, -0.2) is 68.9 Å². The quantitative estimate of drug-likeness (QED) is 0.194. The van der Waals surface area contributed by atoms with Crippen molar-refractivity contribution in [3.05, 3.63) is 0 Å². The van der Waals surface area contributed by atoms with Crippen LogP contribution in [0.1, 0.15) is 38.5 Å². The highest BCUT2D eigenvalue weighted by atomic mass is 127. The predicted octanol–water partition coefficient (Wildman–Crippen LogP) is 1.14. The summed E-state index contributed by atoms with van der Waals surface area (Å²) in [5, 5.41) is 9.04. The molecular weight excluding hydrogens is 514 g/mol. The van der Waals surface area contributed by atoms with Gasteiger partial charge in [-0.2, -0.15) is 17.5 Å². The third kappa shape index (κ3) is 7.54. The fraction of sp³-hybridized carbons (Fsp3) is 0.867. The van der Waals surface area contributed by atoms with E-state index >= 15 is 0 Å². The molecule has 1 saturated carbocycles. The van der Waals surface area contributed by atoms with Crippen molar-refractivity contribution in [3.8, 4) is 0 Å². The predicted molar refractivity (Wildman–Crippen MR) is 110 cm³/mol. The zero-order chi connectivity index (χ0) is 20.1. The Kier molecular flexibility index (Phi) is 9.73. The molecule has 1 heterocycles. The molecule has 0 spiro atoms. The molecule has 0 atom stereocenters. The summed E-state index contributed by atoms with van der Waals surface area (Å²) < 4.78 is 61.0. The normalized spacial score (nSPS) is 19.6. The van der Waals surface area contributed by atoms with Crippen molar-refractivity contribution in [2.45, 2.75) is 56.1 Å². The number of carbonyl (C=O) groups is 1. The maximum Gasteiger partial charge on any atom is 0.511 e. The average Bonchev–Trinajstić information content (AvgIpc) is 3.41. The van der Waals surface area contributed by atoms with E-state index < -0.39 is 15.5 Å². The number of nitrogens with zero attached hydrogens (tertiary/aromatic N) is 2. The molecule has 0 aromatic carbocycles. The van der Waals surface area contributed by atoms with E-state index in [1.54, 1.807) is 7.05 Å². The molecule has 164 valence electrons. The van der Waals surface area contributed by atoms with Crippen LogP contribution < -0.4 is 16.0 Å². The van der Waals surface area contributed by atoms with Gasteiger partial charge in [0.1, 0.15) is 0 Å². The molecule has 2 rings (SSSR count). The number of alkyl halides is 3. The molecule has 1 saturated heterocycles. The van der Waals surface area contributed by atoms with Gasteiger partial charge in [-0.05, 0) is 32.1 Å². The Morgan fingerprint density at radius 1 is 1.11 bits per heavy atom. The van der Waals surface area contributed by atoms with Crippen LogP contribution in [0.5, 0.6) is 0 Å². The minimum atomic E-state index is -5.27. The number of rotatable bonds is 7. The van der Waals surface area contributed by atoms with Gasteiger partial charge in [0, 0.05) is 45.2 Å². The van der Waals surface area contributed by atoms with Gasteiger partial charge in [-0.25, -0.2) is 8.42 Å². The Morgan fingerprint density at radius 2 is 1.68 bits per heavy atom. The smallest absolute Gasteiger partial charge is 0.356 e. The molecule has 1 aliphatic carbocycles. The van der Waals surface area contributed by atoms with Crippen molar-refractivity contribution in [3.63, 3.8) is 0 Å². The highest BCUT2D eigenvalue weighted by molar-refractivity contribution is 14.0. The second-order valence-corrected chi connectivity index (χ2v) is 8.64. The maximum atomic E-state index is 12.6. The van der Waals surface area contributed by atoms with E-state index in [-0.39, 0.29) is 61.9 Å². The minimum absolute atomic E-state index is 0. The number of carbonyl (C=O) groups excluding carboxylic acids is 1. The third-order valence-electron chi connectivity index (χ3n) is 4.47. The molecule has 0 bridgehead atoms. The summed E-state index contributed by atoms with van der Waals surface area (Å²) in [6.07, 6.45) is 3.63. The molecule has 28 heavy (non-hydrogen) atoms. The van der Waals surface area contributed by atoms with Crippen molar-refractivity contribution in [2.24, 2.45) is 4.99 Å². The van der Waals surface area contributed by atoms with Crippen LogP contribution in [0, 0.1) is 0 Å². The van der Waals surface area contributed by atoms with Crippen LogP contribution in [0.15, 0.2) is 4.99 Å². The van der Waals surface area contributed by atoms with Crippen LogP contribution in [0.3, 0.4) is 0 Å². The van der Waals surface area contributed by atoms with Crippen LogP contribution >= 0.6 is 24.0 Å². The van der Waals surface area contributed by atoms with E-state index in [0.29, 0.717) is 35.7 Å². The van der Waals surface area contributed by atoms with Gasteiger partial charge in [-0.1, -0.05) is 0 Å². The molecule has 0 radical (unpaired) electrons. The number of guanidine groups is 1. The van der Waals surface area contributed by atoms with Crippen LogP contribution in [-0.2, 0) is 14.8 Å². The molecule has 2 aliphatic rings. The maximum absolute atomic E-state index is 12.6. The first kappa shape index (κ1) is 25.2. The number of hydrogen-bond acceptors (Lipinski definition) is 4. The second kappa shape index (κ2) is 10.8. The second-order valence-electron chi connectivity index (χ2n) is 6.71. The third-order valence-corrected chi connectivity index (χ3v) is 6.10. The van der Waals surface area contributed by atoms with Crippen molar-refractivity contribution in [1.82, 2.24) is 20.3 Å². The minimum Gasteiger partial charge on any atom is -0.356 e. The monoisotopic (exact) mass is 541 g/mol. The summed E-state index contributed by atoms with van der Waals surface area (Å²) in [6.45, 7) is 0.134. The molecule has 2 fully saturated rings. The number of hydrogen-bond donors (Lipinski definition) is 3. The Balaban J connectivity index is 0.00000392. The van der Waals surface area contributed by atoms with Gasteiger partial charge in [-0.3, -0.25) is 9.79 Å². The van der Waals surface area contributed by atoms with E-state index in [1.807, 2.05) is 0 Å². The highest BCUT2D eigenvalue weighted by Crippen LogP contribution is 2.28. The highest BCUT2D eigenvalue weighted by Gasteiger charge is 2.50. The summed E-state index contributed by atoms with van der Waals surface area (Å²) in [6, 6.07) is 0.168. The molecule has 0 aromatic heterocycles. The van der Waals surface area contributed by atoms with E-state index in [4.69, 9.17) is 0 Å². The van der Waals surface area contributed by atoms with Gasteiger partial charge in [-0.15, -0.1) is 24.0 Å². The summed E-state index contributed by atoms with van der Waals surface area (Å²) in [5.74, 6) is 0.509. The summed E-state index contributed by atoms with van der Waals surface area (Å²) >= 11 is 0. The molecular formula is C15H27F3IN5O3S. The van der Waals surface area contributed by atoms with E-state index in [0.717, 1.165) is 12.8 Å². The summed E-state index contributed by atoms with van der Waals surface area (Å²) in [7, 11) is -3.70. The number of nitrogens with one attached hydrogen (secondary N) is 3. The average molecular weight is 541 g/mol. The Bertz CT molecular complexity index is 648. The Labute approximate surface area is 180 Å². The van der Waals surface area contributed by atoms with Gasteiger partial charge < -0.3 is 16.0 Å². The van der Waals surface area contributed by atoms with E-state index in [1.165, 1.54) is 0 Å². The summed E-state index contributed by atoms with van der Waals surface area (Å²) in [4.78, 5) is 15.6. The van der Waals surface area contributed by atoms with Gasteiger partial charge >= 0.3 is 15.5 Å². The largest absolute Gasteiger partial charge is 0.511 e. The van der Waals surface area contributed by atoms with Gasteiger partial charge in [0.15, 0.2) is 5.96 Å². The molecule has 13 heteroatoms. The first-order valence-electron chi connectivity index (χ1n) is 8.96. The lowest BCUT2D eigenvalue weighted by Crippen LogP contribution is -2.51. The number of piperidine rings is 1. The summed E-state index contributed by atoms with van der Waals surface area (Å²) in [5.41, 5.74) is -5.27. The SMILES string of the molecule is CN=C(NCCCC(=O)NC1CC1)NC1CCN(S(=O)(=O)C(F)(F)F)CC1.I. The zero-order valence-electron chi connectivity index (χ0n) is 15.6. The van der Waals surface area contributed by atoms with Crippen molar-refractivity contribution in [2.75, 3.05) is 26.7 Å². The lowest BCUT2D eigenvalue weighted by Gasteiger charge is -2.32. The topological polar surface area (TPSA) is 103 Å². The number of sulfonamides is 1. The standard InChI is InChI=1S/C15H26F3N5O3S.HI/c1-19-14(20-8-2-3-13(24)21-11-4-5-11)22-12-6-9-23(10-7-12)27(25,26)15(16,17)18;/h11-12H,2-10H2,1H3,(H,21,24)(H2,19,20,22);1H. The molecule has 1 amide bonds. The molecule has 0 aromatic rings. The lowest BCUT2D eigenvalue weighted by atomic mass is 10.1. The van der Waals surface area contributed by atoms with Crippen molar-refractivity contribution < 1.29 is 26.4 Å². The molecule has 0 unspecified atom stereocenters. The van der Waals surface area contributed by atoms with Gasteiger partial charge in [0.25, 0.3) is 0 Å². The number of halogens is 4. The molecule has 3 N–H and O–H groups in total. The van der Waals surface area contributed by atoms with Crippen LogP contribution in [0.25, 0.3) is 0 Å².